The molecule has 0 saturated carbocycles. The van der Waals surface area contributed by atoms with Crippen molar-refractivity contribution >= 4 is 16.6 Å². The Morgan fingerprint density at radius 1 is 1.25 bits per heavy atom. The molecule has 10 heteroatoms. The normalized spacial score (nSPS) is 19.8. The summed E-state index contributed by atoms with van der Waals surface area (Å²) in [6.07, 6.45) is -5.15. The Labute approximate surface area is 91.9 Å². The molecule has 0 aromatic heterocycles. The molecule has 0 spiro atoms. The molecule has 0 radical (unpaired) electrons. The smallest absolute Gasteiger partial charge is 0.333 e. The number of carbonyl (C=O) groups excluding carboxylic acids is 1. The zero-order chi connectivity index (χ0) is 12.9. The van der Waals surface area contributed by atoms with Crippen LogP contribution in [0.2, 0.25) is 0 Å². The molecular formula is C6H14N2O7S. The molecule has 0 unspecified atom stereocenters. The largest absolute Gasteiger partial charge is 0.388 e. The van der Waals surface area contributed by atoms with E-state index in [0.717, 1.165) is 0 Å². The monoisotopic (exact) mass is 258 g/mol. The number of aliphatic hydroxyl groups excluding tert-OH is 3. The van der Waals surface area contributed by atoms with Crippen LogP contribution in [0, 0.1) is 0 Å². The fourth-order valence-electron chi connectivity index (χ4n) is 0.799. The lowest BCUT2D eigenvalue weighted by Gasteiger charge is -2.23. The van der Waals surface area contributed by atoms with Crippen LogP contribution >= 0.6 is 0 Å². The third-order valence-corrected chi connectivity index (χ3v) is 2.16. The van der Waals surface area contributed by atoms with Gasteiger partial charge >= 0.3 is 10.3 Å². The molecule has 0 amide bonds. The molecule has 0 fully saturated rings. The summed E-state index contributed by atoms with van der Waals surface area (Å²) in [5.41, 5.74) is 5.06. The highest BCUT2D eigenvalue weighted by molar-refractivity contribution is 7.84. The zero-order valence-electron chi connectivity index (χ0n) is 8.13. The van der Waals surface area contributed by atoms with Crippen molar-refractivity contribution in [1.82, 2.24) is 0 Å². The van der Waals surface area contributed by atoms with E-state index in [1.807, 2.05) is 0 Å². The van der Waals surface area contributed by atoms with Gasteiger partial charge < -0.3 is 25.8 Å². The van der Waals surface area contributed by atoms with Crippen LogP contribution in [0.25, 0.3) is 0 Å². The van der Waals surface area contributed by atoms with E-state index >= 15 is 0 Å². The lowest BCUT2D eigenvalue weighted by Crippen LogP contribution is -2.50. The average molecular weight is 258 g/mol. The van der Waals surface area contributed by atoms with Gasteiger partial charge in [-0.05, 0) is 0 Å². The van der Waals surface area contributed by atoms with E-state index in [0.29, 0.717) is 0 Å². The number of nitrogens with two attached hydrogens (primary N) is 2. The molecule has 0 aliphatic carbocycles. The van der Waals surface area contributed by atoms with Gasteiger partial charge in [-0.2, -0.15) is 8.42 Å². The minimum atomic E-state index is -4.26. The maximum absolute atomic E-state index is 10.3. The zero-order valence-corrected chi connectivity index (χ0v) is 8.95. The molecule has 96 valence electrons. The average Bonchev–Trinajstić information content (AvgIpc) is 2.21. The molecule has 16 heavy (non-hydrogen) atoms. The van der Waals surface area contributed by atoms with Gasteiger partial charge in [0, 0.05) is 0 Å². The molecule has 0 aliphatic rings. The van der Waals surface area contributed by atoms with Gasteiger partial charge in [0.05, 0.1) is 12.6 Å². The Morgan fingerprint density at radius 2 is 1.75 bits per heavy atom. The first-order valence-corrected chi connectivity index (χ1v) is 5.58. The first kappa shape index (κ1) is 15.4. The Bertz CT molecular complexity index is 319. The van der Waals surface area contributed by atoms with E-state index in [-0.39, 0.29) is 6.29 Å². The Morgan fingerprint density at radius 3 is 2.12 bits per heavy atom. The summed E-state index contributed by atoms with van der Waals surface area (Å²) in [6, 6.07) is -1.40. The quantitative estimate of drug-likeness (QED) is 0.286. The van der Waals surface area contributed by atoms with Crippen LogP contribution in [-0.4, -0.2) is 61.0 Å². The maximum Gasteiger partial charge on any atom is 0.333 e. The summed E-state index contributed by atoms with van der Waals surface area (Å²) in [6.45, 7) is -0.858. The van der Waals surface area contributed by atoms with E-state index in [4.69, 9.17) is 10.8 Å². The van der Waals surface area contributed by atoms with Gasteiger partial charge in [0.1, 0.15) is 24.6 Å². The molecule has 0 heterocycles. The predicted molar refractivity (Wildman–Crippen MR) is 51.1 cm³/mol. The second-order valence-corrected chi connectivity index (χ2v) is 4.26. The highest BCUT2D eigenvalue weighted by atomic mass is 32.2. The van der Waals surface area contributed by atoms with Crippen molar-refractivity contribution in [2.75, 3.05) is 6.61 Å². The lowest BCUT2D eigenvalue weighted by atomic mass is 10.0. The third kappa shape index (κ3) is 5.46. The van der Waals surface area contributed by atoms with Crippen LogP contribution in [0.15, 0.2) is 0 Å². The topological polar surface area (TPSA) is 173 Å². The van der Waals surface area contributed by atoms with Gasteiger partial charge in [-0.3, -0.25) is 4.18 Å². The van der Waals surface area contributed by atoms with Crippen molar-refractivity contribution in [1.29, 1.82) is 0 Å². The van der Waals surface area contributed by atoms with Crippen LogP contribution in [0.3, 0.4) is 0 Å². The number of rotatable bonds is 7. The van der Waals surface area contributed by atoms with Crippen LogP contribution in [0.4, 0.5) is 0 Å². The fourth-order valence-corrected chi connectivity index (χ4v) is 1.13. The van der Waals surface area contributed by atoms with Crippen molar-refractivity contribution < 1.29 is 32.7 Å². The van der Waals surface area contributed by atoms with Crippen molar-refractivity contribution in [2.45, 2.75) is 24.4 Å². The minimum Gasteiger partial charge on any atom is -0.388 e. The van der Waals surface area contributed by atoms with Gasteiger partial charge in [-0.25, -0.2) is 5.14 Å². The van der Waals surface area contributed by atoms with E-state index in [2.05, 4.69) is 9.32 Å². The number of aliphatic hydroxyl groups is 3. The number of hydrogen-bond acceptors (Lipinski definition) is 8. The molecule has 0 aromatic rings. The standard InChI is InChI=1S/C6H14N2O7S/c7-3(1-9)5(11)6(12)4(10)2-15-16(8,13)14/h1,3-6,10-12H,2,7H2,(H2,8,13,14)/t3-,4+,5+,6+/m0/s1. The van der Waals surface area contributed by atoms with E-state index in [1.165, 1.54) is 0 Å². The summed E-state index contributed by atoms with van der Waals surface area (Å²) >= 11 is 0. The molecule has 0 rings (SSSR count). The Balaban J connectivity index is 4.27. The molecule has 4 atom stereocenters. The first-order valence-electron chi connectivity index (χ1n) is 4.11. The number of hydrogen-bond donors (Lipinski definition) is 5. The lowest BCUT2D eigenvalue weighted by molar-refractivity contribution is -0.117. The molecule has 7 N–H and O–H groups in total. The highest BCUT2D eigenvalue weighted by Crippen LogP contribution is 2.04. The maximum atomic E-state index is 10.3. The fraction of sp³-hybridized carbons (Fsp3) is 0.833. The molecule has 0 aromatic carbocycles. The van der Waals surface area contributed by atoms with Crippen molar-refractivity contribution in [3.05, 3.63) is 0 Å². The van der Waals surface area contributed by atoms with Crippen molar-refractivity contribution in [2.24, 2.45) is 10.9 Å². The SMILES string of the molecule is N[C@@H](C=O)[C@@H](O)[C@H](O)[C@H](O)COS(N)(=O)=O. The summed E-state index contributed by atoms with van der Waals surface area (Å²) in [4.78, 5) is 10.2. The van der Waals surface area contributed by atoms with Crippen molar-refractivity contribution in [3.8, 4) is 0 Å². The summed E-state index contributed by atoms with van der Waals surface area (Å²) in [5, 5.41) is 32.0. The third-order valence-electron chi connectivity index (χ3n) is 1.70. The predicted octanol–water partition coefficient (Wildman–Crippen LogP) is -4.18. The molecule has 0 saturated heterocycles. The second-order valence-electron chi connectivity index (χ2n) is 3.04. The summed E-state index contributed by atoms with van der Waals surface area (Å²) in [7, 11) is -4.26. The van der Waals surface area contributed by atoms with Crippen molar-refractivity contribution in [3.63, 3.8) is 0 Å². The van der Waals surface area contributed by atoms with Crippen LogP contribution in [0.5, 0.6) is 0 Å². The second kappa shape index (κ2) is 6.20. The molecule has 0 aliphatic heterocycles. The summed E-state index contributed by atoms with van der Waals surface area (Å²) < 4.78 is 24.7. The Kier molecular flexibility index (Phi) is 5.96. The minimum absolute atomic E-state index is 0.168. The molecular weight excluding hydrogens is 244 g/mol. The van der Waals surface area contributed by atoms with Gasteiger partial charge in [0.25, 0.3) is 0 Å². The van der Waals surface area contributed by atoms with Crippen LogP contribution < -0.4 is 10.9 Å². The number of carbonyl (C=O) groups is 1. The van der Waals surface area contributed by atoms with E-state index < -0.39 is 41.3 Å². The van der Waals surface area contributed by atoms with Gasteiger partial charge in [0.2, 0.25) is 0 Å². The highest BCUT2D eigenvalue weighted by Gasteiger charge is 2.30. The Hall–Kier alpha value is -0.620. The molecule has 9 nitrogen and oxygen atoms in total. The number of aldehydes is 1. The van der Waals surface area contributed by atoms with Crippen LogP contribution in [-0.2, 0) is 19.3 Å². The summed E-state index contributed by atoms with van der Waals surface area (Å²) in [5.74, 6) is 0. The van der Waals surface area contributed by atoms with Crippen LogP contribution in [0.1, 0.15) is 0 Å². The van der Waals surface area contributed by atoms with E-state index in [9.17, 15) is 23.4 Å². The van der Waals surface area contributed by atoms with Gasteiger partial charge in [-0.15, -0.1) is 0 Å². The molecule has 0 bridgehead atoms. The first-order chi connectivity index (χ1) is 7.19. The van der Waals surface area contributed by atoms with Gasteiger partial charge in [-0.1, -0.05) is 0 Å². The van der Waals surface area contributed by atoms with Gasteiger partial charge in [0.15, 0.2) is 0 Å². The van der Waals surface area contributed by atoms with E-state index in [1.54, 1.807) is 0 Å².